The Hall–Kier alpha value is -2.56. The van der Waals surface area contributed by atoms with Gasteiger partial charge < -0.3 is 5.73 Å². The number of benzene rings is 1. The first kappa shape index (κ1) is 11.5. The smallest absolute Gasteiger partial charge is 0.153 e. The predicted octanol–water partition coefficient (Wildman–Crippen LogP) is 2.72. The van der Waals surface area contributed by atoms with Crippen LogP contribution in [0.4, 0.5) is 10.2 Å². The average Bonchev–Trinajstić information content (AvgIpc) is 2.40. The molecule has 0 bridgehead atoms. The summed E-state index contributed by atoms with van der Waals surface area (Å²) in [6.07, 6.45) is 2.48. The van der Waals surface area contributed by atoms with Gasteiger partial charge in [-0.2, -0.15) is 0 Å². The lowest BCUT2D eigenvalue weighted by Gasteiger charge is -2.10. The van der Waals surface area contributed by atoms with Crippen LogP contribution in [-0.4, -0.2) is 15.0 Å². The van der Waals surface area contributed by atoms with Crippen molar-refractivity contribution in [3.05, 3.63) is 48.2 Å². The first-order valence-electron chi connectivity index (χ1n) is 5.79. The van der Waals surface area contributed by atoms with Crippen LogP contribution in [0.3, 0.4) is 0 Å². The fraction of sp³-hybridized carbons (Fsp3) is 0.0714. The van der Waals surface area contributed by atoms with E-state index >= 15 is 0 Å². The van der Waals surface area contributed by atoms with Crippen LogP contribution >= 0.6 is 0 Å². The van der Waals surface area contributed by atoms with Crippen molar-refractivity contribution in [2.45, 2.75) is 6.92 Å². The van der Waals surface area contributed by atoms with Crippen LogP contribution < -0.4 is 5.73 Å². The van der Waals surface area contributed by atoms with E-state index in [1.54, 1.807) is 0 Å². The molecule has 3 rings (SSSR count). The zero-order chi connectivity index (χ0) is 13.4. The van der Waals surface area contributed by atoms with Crippen LogP contribution in [0.15, 0.2) is 36.8 Å². The number of nitrogen functional groups attached to an aromatic ring is 1. The lowest BCUT2D eigenvalue weighted by atomic mass is 9.99. The molecule has 94 valence electrons. The molecule has 2 heterocycles. The Kier molecular flexibility index (Phi) is 2.59. The van der Waals surface area contributed by atoms with E-state index in [1.807, 2.05) is 31.2 Å². The number of nitrogens with two attached hydrogens (primary N) is 1. The highest BCUT2D eigenvalue weighted by atomic mass is 19.1. The number of aryl methyl sites for hydroxylation is 1. The van der Waals surface area contributed by atoms with Crippen molar-refractivity contribution in [2.75, 3.05) is 5.73 Å². The molecule has 5 heteroatoms. The van der Waals surface area contributed by atoms with E-state index in [9.17, 15) is 4.39 Å². The Morgan fingerprint density at radius 3 is 2.63 bits per heavy atom. The van der Waals surface area contributed by atoms with E-state index in [1.165, 1.54) is 6.33 Å². The highest BCUT2D eigenvalue weighted by Crippen LogP contribution is 2.31. The zero-order valence-electron chi connectivity index (χ0n) is 10.3. The van der Waals surface area contributed by atoms with E-state index in [-0.39, 0.29) is 5.82 Å². The summed E-state index contributed by atoms with van der Waals surface area (Å²) >= 11 is 0. The molecule has 0 fully saturated rings. The number of fused-ring (bicyclic) bond motifs is 1. The van der Waals surface area contributed by atoms with Crippen LogP contribution in [0.2, 0.25) is 0 Å². The maximum atomic E-state index is 14.2. The Morgan fingerprint density at radius 1 is 1.05 bits per heavy atom. The molecule has 2 N–H and O–H groups in total. The molecular weight excluding hydrogens is 243 g/mol. The molecule has 0 unspecified atom stereocenters. The van der Waals surface area contributed by atoms with Gasteiger partial charge in [0.05, 0.1) is 6.20 Å². The topological polar surface area (TPSA) is 64.7 Å². The monoisotopic (exact) mass is 254 g/mol. The lowest BCUT2D eigenvalue weighted by molar-refractivity contribution is 0.627. The molecule has 0 spiro atoms. The number of rotatable bonds is 1. The minimum atomic E-state index is -0.417. The van der Waals surface area contributed by atoms with Crippen molar-refractivity contribution in [3.8, 4) is 11.1 Å². The summed E-state index contributed by atoms with van der Waals surface area (Å²) in [5.41, 5.74) is 8.77. The Bertz CT molecular complexity index is 770. The first-order valence-corrected chi connectivity index (χ1v) is 5.79. The molecule has 4 nitrogen and oxygen atoms in total. The summed E-state index contributed by atoms with van der Waals surface area (Å²) in [6.45, 7) is 1.92. The van der Waals surface area contributed by atoms with Crippen molar-refractivity contribution in [1.29, 1.82) is 0 Å². The molecule has 0 radical (unpaired) electrons. The van der Waals surface area contributed by atoms with Gasteiger partial charge in [-0.05, 0) is 18.1 Å². The normalized spacial score (nSPS) is 10.8. The Morgan fingerprint density at radius 2 is 1.84 bits per heavy atom. The number of aromatic nitrogens is 3. The molecular formula is C14H11FN4. The molecule has 3 aromatic rings. The molecule has 19 heavy (non-hydrogen) atoms. The highest BCUT2D eigenvalue weighted by molar-refractivity contribution is 5.96. The average molecular weight is 254 g/mol. The van der Waals surface area contributed by atoms with Gasteiger partial charge in [0.2, 0.25) is 0 Å². The minimum Gasteiger partial charge on any atom is -0.382 e. The molecule has 1 aromatic carbocycles. The van der Waals surface area contributed by atoms with Crippen molar-refractivity contribution in [2.24, 2.45) is 0 Å². The SMILES string of the molecule is Cc1ccccc1-c1c(F)cnc2c(N)ncnc12. The molecule has 0 saturated carbocycles. The zero-order valence-corrected chi connectivity index (χ0v) is 10.3. The Balaban J connectivity index is 2.44. The number of anilines is 1. The standard InChI is InChI=1S/C14H11FN4/c1-8-4-2-3-5-9(8)11-10(15)6-17-13-12(11)18-7-19-14(13)16/h2-7H,1H3,(H2,16,18,19). The molecule has 2 aromatic heterocycles. The maximum Gasteiger partial charge on any atom is 0.153 e. The highest BCUT2D eigenvalue weighted by Gasteiger charge is 2.15. The van der Waals surface area contributed by atoms with Crippen molar-refractivity contribution >= 4 is 16.9 Å². The first-order chi connectivity index (χ1) is 9.18. The van der Waals surface area contributed by atoms with Crippen LogP contribution in [0.5, 0.6) is 0 Å². The van der Waals surface area contributed by atoms with Gasteiger partial charge in [-0.15, -0.1) is 0 Å². The number of hydrogen-bond acceptors (Lipinski definition) is 4. The van der Waals surface area contributed by atoms with E-state index in [2.05, 4.69) is 15.0 Å². The summed E-state index contributed by atoms with van der Waals surface area (Å²) in [5.74, 6) is -0.167. The molecule has 0 atom stereocenters. The van der Waals surface area contributed by atoms with Gasteiger partial charge in [0.1, 0.15) is 17.4 Å². The number of halogens is 1. The third kappa shape index (κ3) is 1.79. The molecule has 0 aliphatic heterocycles. The van der Waals surface area contributed by atoms with Gasteiger partial charge in [0, 0.05) is 5.56 Å². The number of nitrogens with zero attached hydrogens (tertiary/aromatic N) is 3. The molecule has 0 aliphatic rings. The fourth-order valence-electron chi connectivity index (χ4n) is 2.11. The van der Waals surface area contributed by atoms with Crippen molar-refractivity contribution in [3.63, 3.8) is 0 Å². The lowest BCUT2D eigenvalue weighted by Crippen LogP contribution is -1.99. The van der Waals surface area contributed by atoms with Gasteiger partial charge in [-0.1, -0.05) is 24.3 Å². The summed E-state index contributed by atoms with van der Waals surface area (Å²) < 4.78 is 14.2. The van der Waals surface area contributed by atoms with Gasteiger partial charge >= 0.3 is 0 Å². The summed E-state index contributed by atoms with van der Waals surface area (Å²) in [6, 6.07) is 7.54. The van der Waals surface area contributed by atoms with E-state index in [4.69, 9.17) is 5.73 Å². The molecule has 0 amide bonds. The maximum absolute atomic E-state index is 14.2. The van der Waals surface area contributed by atoms with Crippen molar-refractivity contribution < 1.29 is 4.39 Å². The third-order valence-corrected chi connectivity index (χ3v) is 3.05. The van der Waals surface area contributed by atoms with E-state index < -0.39 is 5.82 Å². The van der Waals surface area contributed by atoms with Crippen LogP contribution in [0, 0.1) is 12.7 Å². The minimum absolute atomic E-state index is 0.250. The largest absolute Gasteiger partial charge is 0.382 e. The van der Waals surface area contributed by atoms with Gasteiger partial charge in [-0.25, -0.2) is 19.3 Å². The summed E-state index contributed by atoms with van der Waals surface area (Å²) in [5, 5.41) is 0. The summed E-state index contributed by atoms with van der Waals surface area (Å²) in [7, 11) is 0. The Labute approximate surface area is 109 Å². The van der Waals surface area contributed by atoms with Crippen LogP contribution in [0.1, 0.15) is 5.56 Å². The third-order valence-electron chi connectivity index (χ3n) is 3.05. The van der Waals surface area contributed by atoms with Crippen LogP contribution in [0.25, 0.3) is 22.2 Å². The summed E-state index contributed by atoms with van der Waals surface area (Å²) in [4.78, 5) is 12.0. The van der Waals surface area contributed by atoms with E-state index in [0.717, 1.165) is 17.3 Å². The second kappa shape index (κ2) is 4.28. The second-order valence-electron chi connectivity index (χ2n) is 4.25. The fourth-order valence-corrected chi connectivity index (χ4v) is 2.11. The van der Waals surface area contributed by atoms with Gasteiger partial charge in [0.25, 0.3) is 0 Å². The second-order valence-corrected chi connectivity index (χ2v) is 4.25. The van der Waals surface area contributed by atoms with Gasteiger partial charge in [-0.3, -0.25) is 0 Å². The molecule has 0 saturated heterocycles. The number of pyridine rings is 1. The van der Waals surface area contributed by atoms with E-state index in [0.29, 0.717) is 16.6 Å². The molecule has 0 aliphatic carbocycles. The van der Waals surface area contributed by atoms with Crippen LogP contribution in [-0.2, 0) is 0 Å². The quantitative estimate of drug-likeness (QED) is 0.725. The van der Waals surface area contributed by atoms with Crippen molar-refractivity contribution in [1.82, 2.24) is 15.0 Å². The number of hydrogen-bond donors (Lipinski definition) is 1. The van der Waals surface area contributed by atoms with Gasteiger partial charge in [0.15, 0.2) is 11.6 Å². The predicted molar refractivity (Wildman–Crippen MR) is 71.9 cm³/mol.